The molecule has 0 spiro atoms. The highest BCUT2D eigenvalue weighted by Crippen LogP contribution is 2.25. The van der Waals surface area contributed by atoms with Crippen LogP contribution in [0.5, 0.6) is 0 Å². The van der Waals surface area contributed by atoms with Crippen LogP contribution in [0, 0.1) is 6.92 Å². The summed E-state index contributed by atoms with van der Waals surface area (Å²) in [5, 5.41) is 0. The summed E-state index contributed by atoms with van der Waals surface area (Å²) in [6.45, 7) is 4.35. The van der Waals surface area contributed by atoms with Gasteiger partial charge in [-0.2, -0.15) is 0 Å². The average Bonchev–Trinajstić information content (AvgIpc) is 2.93. The molecule has 0 unspecified atom stereocenters. The van der Waals surface area contributed by atoms with E-state index >= 15 is 0 Å². The molecule has 0 aromatic carbocycles. The first-order valence-electron chi connectivity index (χ1n) is 6.16. The zero-order valence-corrected chi connectivity index (χ0v) is 10.4. The second-order valence-electron chi connectivity index (χ2n) is 4.46. The number of hydrogen-bond donors (Lipinski definition) is 0. The lowest BCUT2D eigenvalue weighted by Crippen LogP contribution is -2.38. The monoisotopic (exact) mass is 244 g/mol. The van der Waals surface area contributed by atoms with E-state index in [9.17, 15) is 0 Å². The molecular formula is C14H16N2O2. The summed E-state index contributed by atoms with van der Waals surface area (Å²) in [5.74, 6) is 1.89. The van der Waals surface area contributed by atoms with Crippen molar-refractivity contribution >= 4 is 5.82 Å². The van der Waals surface area contributed by atoms with Gasteiger partial charge in [-0.3, -0.25) is 0 Å². The van der Waals surface area contributed by atoms with Crippen LogP contribution < -0.4 is 4.90 Å². The third kappa shape index (κ3) is 2.24. The van der Waals surface area contributed by atoms with Crippen LogP contribution in [0.2, 0.25) is 0 Å². The predicted octanol–water partition coefficient (Wildman–Crippen LogP) is 2.56. The lowest BCUT2D eigenvalue weighted by Gasteiger charge is -2.32. The van der Waals surface area contributed by atoms with Gasteiger partial charge in [0, 0.05) is 12.2 Å². The van der Waals surface area contributed by atoms with E-state index < -0.39 is 0 Å². The Morgan fingerprint density at radius 2 is 2.22 bits per heavy atom. The first-order valence-corrected chi connectivity index (χ1v) is 6.16. The number of aromatic nitrogens is 1. The summed E-state index contributed by atoms with van der Waals surface area (Å²) >= 11 is 0. The zero-order valence-electron chi connectivity index (χ0n) is 10.4. The Morgan fingerprint density at radius 1 is 1.28 bits per heavy atom. The minimum Gasteiger partial charge on any atom is -0.467 e. The van der Waals surface area contributed by atoms with E-state index in [4.69, 9.17) is 9.15 Å². The predicted molar refractivity (Wildman–Crippen MR) is 68.6 cm³/mol. The van der Waals surface area contributed by atoms with Crippen molar-refractivity contribution in [1.82, 2.24) is 4.98 Å². The maximum absolute atomic E-state index is 5.74. The molecule has 2 aromatic heterocycles. The fourth-order valence-corrected chi connectivity index (χ4v) is 2.21. The van der Waals surface area contributed by atoms with Gasteiger partial charge in [-0.15, -0.1) is 0 Å². The second kappa shape index (κ2) is 4.82. The molecule has 1 saturated heterocycles. The maximum Gasteiger partial charge on any atom is 0.134 e. The van der Waals surface area contributed by atoms with Crippen molar-refractivity contribution in [1.29, 1.82) is 0 Å². The molecule has 3 heterocycles. The van der Waals surface area contributed by atoms with Gasteiger partial charge in [-0.25, -0.2) is 4.98 Å². The van der Waals surface area contributed by atoms with Gasteiger partial charge in [0.05, 0.1) is 19.4 Å². The van der Waals surface area contributed by atoms with Crippen LogP contribution in [0.15, 0.2) is 41.0 Å². The van der Waals surface area contributed by atoms with Crippen LogP contribution in [-0.4, -0.2) is 24.7 Å². The summed E-state index contributed by atoms with van der Waals surface area (Å²) in [6.07, 6.45) is 1.68. The third-order valence-corrected chi connectivity index (χ3v) is 3.12. The zero-order chi connectivity index (χ0) is 12.4. The Hall–Kier alpha value is -1.81. The van der Waals surface area contributed by atoms with E-state index in [-0.39, 0.29) is 6.10 Å². The quantitative estimate of drug-likeness (QED) is 0.813. The number of ether oxygens (including phenoxy) is 1. The average molecular weight is 244 g/mol. The lowest BCUT2D eigenvalue weighted by molar-refractivity contribution is 0.0255. The summed E-state index contributed by atoms with van der Waals surface area (Å²) in [6, 6.07) is 9.93. The number of anilines is 1. The Balaban J connectivity index is 1.78. The van der Waals surface area contributed by atoms with Crippen molar-refractivity contribution in [3.05, 3.63) is 48.0 Å². The minimum absolute atomic E-state index is 0.00365. The van der Waals surface area contributed by atoms with E-state index in [0.29, 0.717) is 6.61 Å². The van der Waals surface area contributed by atoms with Crippen LogP contribution in [-0.2, 0) is 4.74 Å². The third-order valence-electron chi connectivity index (χ3n) is 3.12. The highest BCUT2D eigenvalue weighted by atomic mass is 16.5. The maximum atomic E-state index is 5.74. The van der Waals surface area contributed by atoms with Crippen LogP contribution in [0.1, 0.15) is 17.6 Å². The Labute approximate surface area is 106 Å². The number of pyridine rings is 1. The molecule has 4 nitrogen and oxygen atoms in total. The van der Waals surface area contributed by atoms with E-state index in [2.05, 4.69) is 9.88 Å². The van der Waals surface area contributed by atoms with E-state index in [1.807, 2.05) is 37.3 Å². The number of morpholine rings is 1. The fourth-order valence-electron chi connectivity index (χ4n) is 2.21. The van der Waals surface area contributed by atoms with E-state index in [1.54, 1.807) is 6.26 Å². The molecule has 0 aliphatic carbocycles. The molecule has 0 amide bonds. The molecule has 1 atom stereocenters. The highest BCUT2D eigenvalue weighted by molar-refractivity contribution is 5.40. The normalized spacial score (nSPS) is 20.1. The molecule has 1 aliphatic heterocycles. The van der Waals surface area contributed by atoms with Crippen molar-refractivity contribution in [3.63, 3.8) is 0 Å². The first kappa shape index (κ1) is 11.3. The first-order chi connectivity index (χ1) is 8.83. The molecule has 0 radical (unpaired) electrons. The van der Waals surface area contributed by atoms with Gasteiger partial charge < -0.3 is 14.1 Å². The number of nitrogens with zero attached hydrogens (tertiary/aromatic N) is 2. The molecule has 0 saturated carbocycles. The van der Waals surface area contributed by atoms with Crippen molar-refractivity contribution in [2.45, 2.75) is 13.0 Å². The molecule has 18 heavy (non-hydrogen) atoms. The van der Waals surface area contributed by atoms with Gasteiger partial charge in [-0.1, -0.05) is 6.07 Å². The summed E-state index contributed by atoms with van der Waals surface area (Å²) in [4.78, 5) is 6.79. The van der Waals surface area contributed by atoms with Gasteiger partial charge >= 0.3 is 0 Å². The Bertz CT molecular complexity index is 510. The van der Waals surface area contributed by atoms with Gasteiger partial charge in [-0.05, 0) is 31.2 Å². The van der Waals surface area contributed by atoms with Crippen LogP contribution >= 0.6 is 0 Å². The Kier molecular flexibility index (Phi) is 3.02. The molecule has 3 rings (SSSR count). The van der Waals surface area contributed by atoms with E-state index in [0.717, 1.165) is 30.4 Å². The fraction of sp³-hybridized carbons (Fsp3) is 0.357. The summed E-state index contributed by atoms with van der Waals surface area (Å²) in [5.41, 5.74) is 1.04. The lowest BCUT2D eigenvalue weighted by atomic mass is 10.2. The van der Waals surface area contributed by atoms with Crippen LogP contribution in [0.25, 0.3) is 0 Å². The van der Waals surface area contributed by atoms with Gasteiger partial charge in [0.25, 0.3) is 0 Å². The molecule has 94 valence electrons. The molecule has 2 aromatic rings. The van der Waals surface area contributed by atoms with Gasteiger partial charge in [0.1, 0.15) is 17.7 Å². The highest BCUT2D eigenvalue weighted by Gasteiger charge is 2.24. The summed E-state index contributed by atoms with van der Waals surface area (Å²) in [7, 11) is 0. The molecule has 0 bridgehead atoms. The van der Waals surface area contributed by atoms with Gasteiger partial charge in [0.15, 0.2) is 0 Å². The van der Waals surface area contributed by atoms with Crippen LogP contribution in [0.3, 0.4) is 0 Å². The molecular weight excluding hydrogens is 228 g/mol. The second-order valence-corrected chi connectivity index (χ2v) is 4.46. The number of aryl methyl sites for hydroxylation is 1. The Morgan fingerprint density at radius 3 is 3.00 bits per heavy atom. The SMILES string of the molecule is Cc1cccc(N2CCO[C@@H](c3ccco3)C2)n1. The number of furan rings is 1. The van der Waals surface area contributed by atoms with Crippen molar-refractivity contribution in [3.8, 4) is 0 Å². The standard InChI is InChI=1S/C14H16N2O2/c1-11-4-2-6-14(15-11)16-7-9-18-13(10-16)12-5-3-8-17-12/h2-6,8,13H,7,9-10H2,1H3/t13-/m1/s1. The van der Waals surface area contributed by atoms with Crippen molar-refractivity contribution in [2.24, 2.45) is 0 Å². The number of hydrogen-bond acceptors (Lipinski definition) is 4. The van der Waals surface area contributed by atoms with E-state index in [1.165, 1.54) is 0 Å². The molecule has 0 N–H and O–H groups in total. The molecule has 1 aliphatic rings. The largest absolute Gasteiger partial charge is 0.467 e. The topological polar surface area (TPSA) is 38.5 Å². The minimum atomic E-state index is -0.00365. The van der Waals surface area contributed by atoms with Crippen molar-refractivity contribution in [2.75, 3.05) is 24.6 Å². The number of rotatable bonds is 2. The molecule has 1 fully saturated rings. The smallest absolute Gasteiger partial charge is 0.134 e. The van der Waals surface area contributed by atoms with Gasteiger partial charge in [0.2, 0.25) is 0 Å². The van der Waals surface area contributed by atoms with Crippen LogP contribution in [0.4, 0.5) is 5.82 Å². The summed E-state index contributed by atoms with van der Waals surface area (Å²) < 4.78 is 11.1. The van der Waals surface area contributed by atoms with Crippen molar-refractivity contribution < 1.29 is 9.15 Å². The molecule has 4 heteroatoms.